The number of rotatable bonds is 6. The largest absolute Gasteiger partial charge is 0.368 e. The maximum absolute atomic E-state index is 11.6. The Labute approximate surface area is 146 Å². The second-order valence-corrected chi connectivity index (χ2v) is 6.03. The number of hydrogen-bond donors (Lipinski definition) is 2. The maximum atomic E-state index is 11.6. The summed E-state index contributed by atoms with van der Waals surface area (Å²) in [5.41, 5.74) is 1.73. The van der Waals surface area contributed by atoms with Gasteiger partial charge in [0, 0.05) is 42.4 Å². The summed E-state index contributed by atoms with van der Waals surface area (Å²) in [4.78, 5) is 25.0. The van der Waals surface area contributed by atoms with Gasteiger partial charge >= 0.3 is 0 Å². The molecule has 0 aliphatic carbocycles. The van der Waals surface area contributed by atoms with Gasteiger partial charge < -0.3 is 10.6 Å². The molecular formula is C19H21N5O. The minimum Gasteiger partial charge on any atom is -0.368 e. The highest BCUT2D eigenvalue weighted by atomic mass is 16.1. The van der Waals surface area contributed by atoms with Crippen molar-refractivity contribution in [1.29, 1.82) is 0 Å². The zero-order valence-corrected chi connectivity index (χ0v) is 14.4. The van der Waals surface area contributed by atoms with Crippen molar-refractivity contribution in [3.8, 4) is 11.4 Å². The van der Waals surface area contributed by atoms with Crippen molar-refractivity contribution in [2.24, 2.45) is 5.92 Å². The quantitative estimate of drug-likeness (QED) is 0.677. The van der Waals surface area contributed by atoms with Crippen LogP contribution in [-0.2, 0) is 4.79 Å². The molecule has 1 aromatic carbocycles. The third-order valence-electron chi connectivity index (χ3n) is 3.76. The van der Waals surface area contributed by atoms with E-state index in [9.17, 15) is 4.79 Å². The second kappa shape index (κ2) is 7.70. The fourth-order valence-electron chi connectivity index (χ4n) is 2.41. The Kier molecular flexibility index (Phi) is 5.18. The van der Waals surface area contributed by atoms with Gasteiger partial charge in [0.2, 0.25) is 5.91 Å². The van der Waals surface area contributed by atoms with E-state index in [0.717, 1.165) is 22.3 Å². The van der Waals surface area contributed by atoms with E-state index >= 15 is 0 Å². The SMILES string of the molecule is CC(C)C(=O)NCCNc1nc(-c2cccnc2)nc2ccccc12. The lowest BCUT2D eigenvalue weighted by molar-refractivity contribution is -0.123. The van der Waals surface area contributed by atoms with E-state index in [1.807, 2.05) is 50.2 Å². The van der Waals surface area contributed by atoms with E-state index in [1.54, 1.807) is 12.4 Å². The number of pyridine rings is 1. The molecule has 3 aromatic rings. The molecule has 2 aromatic heterocycles. The molecule has 6 heteroatoms. The molecule has 2 heterocycles. The van der Waals surface area contributed by atoms with Crippen LogP contribution in [-0.4, -0.2) is 33.9 Å². The van der Waals surface area contributed by atoms with Crippen LogP contribution >= 0.6 is 0 Å². The molecule has 128 valence electrons. The Morgan fingerprint density at radius 2 is 1.92 bits per heavy atom. The van der Waals surface area contributed by atoms with Crippen LogP contribution in [0.15, 0.2) is 48.8 Å². The average molecular weight is 335 g/mol. The number of nitrogens with zero attached hydrogens (tertiary/aromatic N) is 3. The Balaban J connectivity index is 1.82. The van der Waals surface area contributed by atoms with E-state index in [4.69, 9.17) is 0 Å². The fourth-order valence-corrected chi connectivity index (χ4v) is 2.41. The Bertz CT molecular complexity index is 864. The van der Waals surface area contributed by atoms with Crippen LogP contribution in [0.2, 0.25) is 0 Å². The first-order valence-electron chi connectivity index (χ1n) is 8.34. The second-order valence-electron chi connectivity index (χ2n) is 6.03. The van der Waals surface area contributed by atoms with Crippen molar-refractivity contribution in [3.63, 3.8) is 0 Å². The molecule has 0 saturated carbocycles. The molecule has 0 aliphatic heterocycles. The maximum Gasteiger partial charge on any atom is 0.222 e. The summed E-state index contributed by atoms with van der Waals surface area (Å²) in [6.45, 7) is 4.88. The van der Waals surface area contributed by atoms with Crippen molar-refractivity contribution in [2.45, 2.75) is 13.8 Å². The highest BCUT2D eigenvalue weighted by Crippen LogP contribution is 2.24. The monoisotopic (exact) mass is 335 g/mol. The highest BCUT2D eigenvalue weighted by Gasteiger charge is 2.10. The molecule has 0 unspecified atom stereocenters. The van der Waals surface area contributed by atoms with Gasteiger partial charge in [0.05, 0.1) is 5.52 Å². The first kappa shape index (κ1) is 16.8. The van der Waals surface area contributed by atoms with Crippen LogP contribution in [0.5, 0.6) is 0 Å². The number of benzene rings is 1. The molecule has 0 radical (unpaired) electrons. The highest BCUT2D eigenvalue weighted by molar-refractivity contribution is 5.90. The molecule has 0 aliphatic rings. The van der Waals surface area contributed by atoms with Crippen LogP contribution in [0.3, 0.4) is 0 Å². The minimum atomic E-state index is -0.0166. The third kappa shape index (κ3) is 4.09. The normalized spacial score (nSPS) is 10.8. The zero-order chi connectivity index (χ0) is 17.6. The fraction of sp³-hybridized carbons (Fsp3) is 0.263. The van der Waals surface area contributed by atoms with Crippen LogP contribution in [0.4, 0.5) is 5.82 Å². The Morgan fingerprint density at radius 1 is 1.08 bits per heavy atom. The number of nitrogens with one attached hydrogen (secondary N) is 2. The smallest absolute Gasteiger partial charge is 0.222 e. The van der Waals surface area contributed by atoms with Gasteiger partial charge in [-0.2, -0.15) is 0 Å². The molecule has 0 bridgehead atoms. The molecule has 6 nitrogen and oxygen atoms in total. The number of carbonyl (C=O) groups is 1. The summed E-state index contributed by atoms with van der Waals surface area (Å²) in [5.74, 6) is 1.41. The molecule has 0 fully saturated rings. The summed E-state index contributed by atoms with van der Waals surface area (Å²) in [6.07, 6.45) is 3.47. The summed E-state index contributed by atoms with van der Waals surface area (Å²) in [5, 5.41) is 7.15. The molecule has 3 rings (SSSR count). The van der Waals surface area contributed by atoms with E-state index in [-0.39, 0.29) is 11.8 Å². The lowest BCUT2D eigenvalue weighted by Gasteiger charge is -2.12. The van der Waals surface area contributed by atoms with Crippen molar-refractivity contribution < 1.29 is 4.79 Å². The van der Waals surface area contributed by atoms with E-state index in [2.05, 4.69) is 25.6 Å². The predicted octanol–water partition coefficient (Wildman–Crippen LogP) is 2.88. The van der Waals surface area contributed by atoms with Gasteiger partial charge in [0.15, 0.2) is 5.82 Å². The van der Waals surface area contributed by atoms with Crippen molar-refractivity contribution >= 4 is 22.6 Å². The number of amides is 1. The number of carbonyl (C=O) groups excluding carboxylic acids is 1. The van der Waals surface area contributed by atoms with E-state index in [1.165, 1.54) is 0 Å². The van der Waals surface area contributed by atoms with Crippen molar-refractivity contribution in [1.82, 2.24) is 20.3 Å². The third-order valence-corrected chi connectivity index (χ3v) is 3.76. The van der Waals surface area contributed by atoms with Gasteiger partial charge in [-0.1, -0.05) is 26.0 Å². The summed E-state index contributed by atoms with van der Waals surface area (Å²) < 4.78 is 0. The number of aromatic nitrogens is 3. The van der Waals surface area contributed by atoms with E-state index < -0.39 is 0 Å². The van der Waals surface area contributed by atoms with Gasteiger partial charge in [-0.25, -0.2) is 9.97 Å². The standard InChI is InChI=1S/C19H21N5O/c1-13(2)19(25)22-11-10-21-18-15-7-3-4-8-16(15)23-17(24-18)14-6-5-9-20-12-14/h3-9,12-13H,10-11H2,1-2H3,(H,22,25)(H,21,23,24). The van der Waals surface area contributed by atoms with Crippen LogP contribution in [0.25, 0.3) is 22.3 Å². The summed E-state index contributed by atoms with van der Waals surface area (Å²) in [7, 11) is 0. The van der Waals surface area contributed by atoms with Crippen LogP contribution < -0.4 is 10.6 Å². The predicted molar refractivity (Wildman–Crippen MR) is 99.1 cm³/mol. The minimum absolute atomic E-state index is 0.0166. The molecule has 0 saturated heterocycles. The van der Waals surface area contributed by atoms with E-state index in [0.29, 0.717) is 18.9 Å². The number of hydrogen-bond acceptors (Lipinski definition) is 5. The van der Waals surface area contributed by atoms with Crippen LogP contribution in [0.1, 0.15) is 13.8 Å². The summed E-state index contributed by atoms with van der Waals surface area (Å²) >= 11 is 0. The van der Waals surface area contributed by atoms with Gasteiger partial charge in [0.25, 0.3) is 0 Å². The first-order chi connectivity index (χ1) is 12.1. The van der Waals surface area contributed by atoms with Crippen molar-refractivity contribution in [3.05, 3.63) is 48.8 Å². The zero-order valence-electron chi connectivity index (χ0n) is 14.4. The van der Waals surface area contributed by atoms with Crippen LogP contribution in [0, 0.1) is 5.92 Å². The average Bonchev–Trinajstić information content (AvgIpc) is 2.65. The molecule has 25 heavy (non-hydrogen) atoms. The summed E-state index contributed by atoms with van der Waals surface area (Å²) in [6, 6.07) is 11.7. The molecule has 2 N–H and O–H groups in total. The topological polar surface area (TPSA) is 79.8 Å². The van der Waals surface area contributed by atoms with Gasteiger partial charge in [-0.3, -0.25) is 9.78 Å². The van der Waals surface area contributed by atoms with Gasteiger partial charge in [0.1, 0.15) is 5.82 Å². The van der Waals surface area contributed by atoms with Gasteiger partial charge in [-0.05, 0) is 24.3 Å². The molecule has 1 amide bonds. The first-order valence-corrected chi connectivity index (χ1v) is 8.34. The number of anilines is 1. The Hall–Kier alpha value is -3.02. The molecule has 0 atom stereocenters. The Morgan fingerprint density at radius 3 is 2.68 bits per heavy atom. The number of fused-ring (bicyclic) bond motifs is 1. The van der Waals surface area contributed by atoms with Crippen molar-refractivity contribution in [2.75, 3.05) is 18.4 Å². The lowest BCUT2D eigenvalue weighted by Crippen LogP contribution is -2.32. The molecular weight excluding hydrogens is 314 g/mol. The molecule has 0 spiro atoms. The lowest BCUT2D eigenvalue weighted by atomic mass is 10.2. The number of para-hydroxylation sites is 1. The van der Waals surface area contributed by atoms with Gasteiger partial charge in [-0.15, -0.1) is 0 Å².